The number of nitrogens with one attached hydrogen (secondary N) is 1. The van der Waals surface area contributed by atoms with Crippen molar-refractivity contribution < 1.29 is 13.9 Å². The van der Waals surface area contributed by atoms with Crippen molar-refractivity contribution >= 4 is 5.97 Å². The van der Waals surface area contributed by atoms with Gasteiger partial charge in [-0.1, -0.05) is 30.3 Å². The molecule has 1 N–H and O–H groups in total. The molecular weight excluding hydrogens is 209 g/mol. The van der Waals surface area contributed by atoms with Crippen LogP contribution in [-0.2, 0) is 16.1 Å². The molecule has 1 aromatic carbocycles. The molecule has 0 radical (unpaired) electrons. The number of alkyl halides is 1. The minimum absolute atomic E-state index is 0.108. The number of esters is 1. The Hall–Kier alpha value is -1.42. The topological polar surface area (TPSA) is 38.3 Å². The molecule has 0 bridgehead atoms. The summed E-state index contributed by atoms with van der Waals surface area (Å²) in [7, 11) is 1.60. The first-order valence-electron chi connectivity index (χ1n) is 5.17. The number of ether oxygens (including phenoxy) is 1. The van der Waals surface area contributed by atoms with E-state index in [-0.39, 0.29) is 6.61 Å². The zero-order chi connectivity index (χ0) is 12.0. The predicted molar refractivity (Wildman–Crippen MR) is 59.7 cm³/mol. The number of rotatable bonds is 5. The Kier molecular flexibility index (Phi) is 4.92. The van der Waals surface area contributed by atoms with Crippen molar-refractivity contribution in [3.8, 4) is 0 Å². The van der Waals surface area contributed by atoms with E-state index in [0.717, 1.165) is 5.56 Å². The highest BCUT2D eigenvalue weighted by Crippen LogP contribution is 2.05. The SMILES string of the molecule is CN[C@@H](C)[C@H](F)C(=O)OCc1ccccc1. The van der Waals surface area contributed by atoms with Crippen LogP contribution in [0.1, 0.15) is 12.5 Å². The second kappa shape index (κ2) is 6.23. The minimum Gasteiger partial charge on any atom is -0.459 e. The van der Waals surface area contributed by atoms with Crippen LogP contribution in [0.15, 0.2) is 30.3 Å². The number of carbonyl (C=O) groups excluding carboxylic acids is 1. The normalized spacial score (nSPS) is 14.2. The molecule has 1 rings (SSSR count). The third-order valence-corrected chi connectivity index (χ3v) is 2.34. The zero-order valence-corrected chi connectivity index (χ0v) is 9.44. The smallest absolute Gasteiger partial charge is 0.342 e. The van der Waals surface area contributed by atoms with E-state index in [1.54, 1.807) is 14.0 Å². The van der Waals surface area contributed by atoms with E-state index in [0.29, 0.717) is 0 Å². The third kappa shape index (κ3) is 3.62. The molecular formula is C12H16FNO2. The summed E-state index contributed by atoms with van der Waals surface area (Å²) in [5.41, 5.74) is 0.847. The average Bonchev–Trinajstić information content (AvgIpc) is 2.35. The minimum atomic E-state index is -1.63. The van der Waals surface area contributed by atoms with Gasteiger partial charge < -0.3 is 10.1 Å². The highest BCUT2D eigenvalue weighted by molar-refractivity contribution is 5.75. The number of carbonyl (C=O) groups is 1. The van der Waals surface area contributed by atoms with Gasteiger partial charge in [0.25, 0.3) is 0 Å². The van der Waals surface area contributed by atoms with Crippen molar-refractivity contribution in [3.63, 3.8) is 0 Å². The van der Waals surface area contributed by atoms with Crippen LogP contribution in [0.3, 0.4) is 0 Å². The van der Waals surface area contributed by atoms with Crippen LogP contribution in [0.4, 0.5) is 4.39 Å². The van der Waals surface area contributed by atoms with Gasteiger partial charge in [0, 0.05) is 6.04 Å². The largest absolute Gasteiger partial charge is 0.459 e. The summed E-state index contributed by atoms with van der Waals surface area (Å²) in [6, 6.07) is 8.65. The van der Waals surface area contributed by atoms with Gasteiger partial charge in [-0.15, -0.1) is 0 Å². The summed E-state index contributed by atoms with van der Waals surface area (Å²) in [6.07, 6.45) is -1.63. The highest BCUT2D eigenvalue weighted by atomic mass is 19.1. The summed E-state index contributed by atoms with van der Waals surface area (Å²) >= 11 is 0. The number of halogens is 1. The molecule has 1 aromatic rings. The lowest BCUT2D eigenvalue weighted by Gasteiger charge is -2.14. The molecule has 0 amide bonds. The number of benzene rings is 1. The van der Waals surface area contributed by atoms with Crippen LogP contribution in [0.2, 0.25) is 0 Å². The molecule has 2 atom stereocenters. The van der Waals surface area contributed by atoms with Crippen molar-refractivity contribution in [2.45, 2.75) is 25.7 Å². The molecule has 0 heterocycles. The fourth-order valence-electron chi connectivity index (χ4n) is 1.16. The maximum absolute atomic E-state index is 13.4. The molecule has 0 aliphatic heterocycles. The van der Waals surface area contributed by atoms with Crippen molar-refractivity contribution in [3.05, 3.63) is 35.9 Å². The lowest BCUT2D eigenvalue weighted by molar-refractivity contribution is -0.151. The standard InChI is InChI=1S/C12H16FNO2/c1-9(14-2)11(13)12(15)16-8-10-6-4-3-5-7-10/h3-7,9,11,14H,8H2,1-2H3/t9-,11-/m0/s1. The first-order chi connectivity index (χ1) is 7.65. The molecule has 88 valence electrons. The van der Waals surface area contributed by atoms with E-state index in [9.17, 15) is 9.18 Å². The van der Waals surface area contributed by atoms with E-state index >= 15 is 0 Å². The fraction of sp³-hybridized carbons (Fsp3) is 0.417. The van der Waals surface area contributed by atoms with Crippen molar-refractivity contribution in [2.75, 3.05) is 7.05 Å². The van der Waals surface area contributed by atoms with E-state index in [1.807, 2.05) is 30.3 Å². The van der Waals surface area contributed by atoms with Gasteiger partial charge in [-0.05, 0) is 19.5 Å². The van der Waals surface area contributed by atoms with Crippen LogP contribution < -0.4 is 5.32 Å². The van der Waals surface area contributed by atoms with Gasteiger partial charge in [0.05, 0.1) is 0 Å². The zero-order valence-electron chi connectivity index (χ0n) is 9.44. The summed E-state index contributed by atoms with van der Waals surface area (Å²) in [5, 5.41) is 2.67. The Morgan fingerprint density at radius 1 is 1.44 bits per heavy atom. The maximum atomic E-state index is 13.4. The molecule has 3 nitrogen and oxygen atoms in total. The monoisotopic (exact) mass is 225 g/mol. The molecule has 0 saturated heterocycles. The maximum Gasteiger partial charge on any atom is 0.342 e. The van der Waals surface area contributed by atoms with E-state index in [2.05, 4.69) is 5.32 Å². The van der Waals surface area contributed by atoms with Crippen molar-refractivity contribution in [2.24, 2.45) is 0 Å². The Morgan fingerprint density at radius 3 is 2.62 bits per heavy atom. The summed E-state index contributed by atoms with van der Waals surface area (Å²) in [6.45, 7) is 1.70. The Morgan fingerprint density at radius 2 is 2.06 bits per heavy atom. The van der Waals surface area contributed by atoms with Crippen LogP contribution in [-0.4, -0.2) is 25.2 Å². The predicted octanol–water partition coefficient (Wildman–Crippen LogP) is 1.68. The Labute approximate surface area is 94.6 Å². The number of hydrogen-bond donors (Lipinski definition) is 1. The van der Waals surface area contributed by atoms with Crippen LogP contribution >= 0.6 is 0 Å². The molecule has 0 unspecified atom stereocenters. The molecule has 0 aliphatic carbocycles. The number of hydrogen-bond acceptors (Lipinski definition) is 3. The van der Waals surface area contributed by atoms with E-state index in [1.165, 1.54) is 0 Å². The van der Waals surface area contributed by atoms with Gasteiger partial charge in [0.15, 0.2) is 0 Å². The van der Waals surface area contributed by atoms with Gasteiger partial charge in [-0.25, -0.2) is 9.18 Å². The Balaban J connectivity index is 2.41. The molecule has 0 spiro atoms. The second-order valence-corrected chi connectivity index (χ2v) is 3.57. The van der Waals surface area contributed by atoms with Crippen LogP contribution in [0.25, 0.3) is 0 Å². The fourth-order valence-corrected chi connectivity index (χ4v) is 1.16. The average molecular weight is 225 g/mol. The van der Waals surface area contributed by atoms with Gasteiger partial charge in [-0.2, -0.15) is 0 Å². The first-order valence-corrected chi connectivity index (χ1v) is 5.17. The van der Waals surface area contributed by atoms with Gasteiger partial charge in [0.1, 0.15) is 6.61 Å². The second-order valence-electron chi connectivity index (χ2n) is 3.57. The molecule has 0 fully saturated rings. The third-order valence-electron chi connectivity index (χ3n) is 2.34. The van der Waals surface area contributed by atoms with Gasteiger partial charge in [-0.3, -0.25) is 0 Å². The van der Waals surface area contributed by atoms with Crippen molar-refractivity contribution in [1.82, 2.24) is 5.32 Å². The summed E-state index contributed by atoms with van der Waals surface area (Å²) in [5.74, 6) is -0.828. The molecule has 16 heavy (non-hydrogen) atoms. The quantitative estimate of drug-likeness (QED) is 0.775. The van der Waals surface area contributed by atoms with E-state index in [4.69, 9.17) is 4.74 Å². The Bertz CT molecular complexity index is 329. The van der Waals surface area contributed by atoms with Crippen molar-refractivity contribution in [1.29, 1.82) is 0 Å². The molecule has 4 heteroatoms. The molecule has 0 saturated carbocycles. The summed E-state index contributed by atoms with van der Waals surface area (Å²) < 4.78 is 18.2. The van der Waals surface area contributed by atoms with Gasteiger partial charge >= 0.3 is 5.97 Å². The van der Waals surface area contributed by atoms with Crippen LogP contribution in [0.5, 0.6) is 0 Å². The molecule has 0 aromatic heterocycles. The highest BCUT2D eigenvalue weighted by Gasteiger charge is 2.24. The lowest BCUT2D eigenvalue weighted by atomic mass is 10.2. The lowest BCUT2D eigenvalue weighted by Crippen LogP contribution is -2.38. The summed E-state index contributed by atoms with van der Waals surface area (Å²) in [4.78, 5) is 11.3. The first kappa shape index (κ1) is 12.6. The van der Waals surface area contributed by atoms with E-state index < -0.39 is 18.2 Å². The van der Waals surface area contributed by atoms with Crippen LogP contribution in [0, 0.1) is 0 Å². The van der Waals surface area contributed by atoms with Gasteiger partial charge in [0.2, 0.25) is 6.17 Å². The molecule has 0 aliphatic rings.